The lowest BCUT2D eigenvalue weighted by atomic mass is 10.2. The van der Waals surface area contributed by atoms with Crippen LogP contribution in [-0.2, 0) is 0 Å². The van der Waals surface area contributed by atoms with Crippen LogP contribution in [0.25, 0.3) is 16.7 Å². The second kappa shape index (κ2) is 6.60. The van der Waals surface area contributed by atoms with E-state index >= 15 is 0 Å². The van der Waals surface area contributed by atoms with Crippen LogP contribution in [0.4, 0.5) is 14.6 Å². The van der Waals surface area contributed by atoms with Gasteiger partial charge in [0.2, 0.25) is 0 Å². The molecule has 0 aliphatic heterocycles. The van der Waals surface area contributed by atoms with Gasteiger partial charge >= 0.3 is 0 Å². The average Bonchev–Trinajstić information content (AvgIpc) is 3.03. The summed E-state index contributed by atoms with van der Waals surface area (Å²) >= 11 is 0. The first-order chi connectivity index (χ1) is 13.0. The Labute approximate surface area is 153 Å². The molecule has 0 radical (unpaired) electrons. The summed E-state index contributed by atoms with van der Waals surface area (Å²) in [7, 11) is 0. The van der Waals surface area contributed by atoms with Gasteiger partial charge in [-0.2, -0.15) is 9.78 Å². The average molecular weight is 364 g/mol. The standard InChI is InChI=1S/C20H14F2N4O/c1-12-10-19(24-20(27)15-11-14(21)7-8-16(15)22)26(25-12)18-9-6-13-4-2-3-5-17(13)23-18/h2-11H,1H3,(H,24,27). The highest BCUT2D eigenvalue weighted by atomic mass is 19.1. The molecular formula is C20H14F2N4O. The first-order valence-electron chi connectivity index (χ1n) is 8.20. The van der Waals surface area contributed by atoms with Crippen molar-refractivity contribution in [2.24, 2.45) is 0 Å². The Morgan fingerprint density at radius 1 is 1.04 bits per heavy atom. The number of fused-ring (bicyclic) bond motifs is 1. The lowest BCUT2D eigenvalue weighted by Crippen LogP contribution is -2.17. The first-order valence-corrected chi connectivity index (χ1v) is 8.20. The molecule has 0 unspecified atom stereocenters. The van der Waals surface area contributed by atoms with Crippen molar-refractivity contribution in [3.05, 3.63) is 83.6 Å². The molecule has 2 heterocycles. The molecule has 5 nitrogen and oxygen atoms in total. The van der Waals surface area contributed by atoms with Crippen molar-refractivity contribution in [1.29, 1.82) is 0 Å². The smallest absolute Gasteiger partial charge is 0.259 e. The number of aromatic nitrogens is 3. The number of carbonyl (C=O) groups excluding carboxylic acids is 1. The Morgan fingerprint density at radius 2 is 1.85 bits per heavy atom. The second-order valence-corrected chi connectivity index (χ2v) is 6.02. The molecule has 1 N–H and O–H groups in total. The highest BCUT2D eigenvalue weighted by Gasteiger charge is 2.17. The van der Waals surface area contributed by atoms with Gasteiger partial charge in [-0.1, -0.05) is 18.2 Å². The molecule has 134 valence electrons. The van der Waals surface area contributed by atoms with Crippen molar-refractivity contribution in [2.45, 2.75) is 6.92 Å². The Balaban J connectivity index is 1.72. The molecule has 2 aromatic carbocycles. The number of nitrogens with zero attached hydrogens (tertiary/aromatic N) is 3. The zero-order valence-corrected chi connectivity index (χ0v) is 14.3. The lowest BCUT2D eigenvalue weighted by molar-refractivity contribution is 0.102. The van der Waals surface area contributed by atoms with Crippen LogP contribution in [0.5, 0.6) is 0 Å². The molecule has 27 heavy (non-hydrogen) atoms. The van der Waals surface area contributed by atoms with Crippen LogP contribution >= 0.6 is 0 Å². The number of amides is 1. The molecule has 0 saturated heterocycles. The van der Waals surface area contributed by atoms with Crippen molar-refractivity contribution >= 4 is 22.6 Å². The van der Waals surface area contributed by atoms with Gasteiger partial charge in [-0.05, 0) is 43.3 Å². The largest absolute Gasteiger partial charge is 0.306 e. The summed E-state index contributed by atoms with van der Waals surface area (Å²) in [5.74, 6) is -1.46. The van der Waals surface area contributed by atoms with Crippen molar-refractivity contribution in [3.63, 3.8) is 0 Å². The third-order valence-corrected chi connectivity index (χ3v) is 4.05. The maximum atomic E-state index is 13.9. The number of pyridine rings is 1. The molecule has 2 aromatic heterocycles. The number of nitrogens with one attached hydrogen (secondary N) is 1. The minimum atomic E-state index is -0.805. The van der Waals surface area contributed by atoms with E-state index in [2.05, 4.69) is 15.4 Å². The predicted octanol–water partition coefficient (Wildman–Crippen LogP) is 4.26. The van der Waals surface area contributed by atoms with Gasteiger partial charge < -0.3 is 5.32 Å². The topological polar surface area (TPSA) is 59.8 Å². The van der Waals surface area contributed by atoms with Crippen LogP contribution in [0.1, 0.15) is 16.1 Å². The summed E-state index contributed by atoms with van der Waals surface area (Å²) in [6.45, 7) is 1.76. The summed E-state index contributed by atoms with van der Waals surface area (Å²) in [5, 5.41) is 7.89. The molecule has 0 saturated carbocycles. The monoisotopic (exact) mass is 364 g/mol. The summed E-state index contributed by atoms with van der Waals surface area (Å²) in [4.78, 5) is 17.0. The highest BCUT2D eigenvalue weighted by Crippen LogP contribution is 2.20. The van der Waals surface area contributed by atoms with Crippen LogP contribution in [-0.4, -0.2) is 20.7 Å². The zero-order chi connectivity index (χ0) is 19.0. The quantitative estimate of drug-likeness (QED) is 0.591. The maximum absolute atomic E-state index is 13.9. The van der Waals surface area contributed by atoms with Crippen molar-refractivity contribution in [1.82, 2.24) is 14.8 Å². The number of hydrogen-bond donors (Lipinski definition) is 1. The molecule has 0 aliphatic rings. The Bertz CT molecular complexity index is 1170. The molecular weight excluding hydrogens is 350 g/mol. The van der Waals surface area contributed by atoms with Gasteiger partial charge in [0.1, 0.15) is 17.5 Å². The molecule has 0 aliphatic carbocycles. The lowest BCUT2D eigenvalue weighted by Gasteiger charge is -2.09. The number of carbonyl (C=O) groups is 1. The zero-order valence-electron chi connectivity index (χ0n) is 14.3. The fraction of sp³-hybridized carbons (Fsp3) is 0.0500. The number of anilines is 1. The summed E-state index contributed by atoms with van der Waals surface area (Å²) in [5.41, 5.74) is 1.03. The van der Waals surface area contributed by atoms with Gasteiger partial charge in [0.15, 0.2) is 5.82 Å². The predicted molar refractivity (Wildman–Crippen MR) is 97.9 cm³/mol. The summed E-state index contributed by atoms with van der Waals surface area (Å²) < 4.78 is 28.7. The van der Waals surface area contributed by atoms with Crippen LogP contribution in [0.2, 0.25) is 0 Å². The molecule has 0 bridgehead atoms. The normalized spacial score (nSPS) is 10.9. The third kappa shape index (κ3) is 3.27. The minimum Gasteiger partial charge on any atom is -0.306 e. The van der Waals surface area contributed by atoms with E-state index in [0.717, 1.165) is 29.1 Å². The van der Waals surface area contributed by atoms with Gasteiger partial charge in [-0.3, -0.25) is 4.79 Å². The molecule has 0 spiro atoms. The van der Waals surface area contributed by atoms with E-state index in [0.29, 0.717) is 17.3 Å². The number of hydrogen-bond acceptors (Lipinski definition) is 3. The van der Waals surface area contributed by atoms with E-state index in [1.165, 1.54) is 4.68 Å². The van der Waals surface area contributed by atoms with Crippen molar-refractivity contribution in [3.8, 4) is 5.82 Å². The van der Waals surface area contributed by atoms with E-state index in [1.807, 2.05) is 30.3 Å². The van der Waals surface area contributed by atoms with Crippen LogP contribution in [0.15, 0.2) is 60.7 Å². The minimum absolute atomic E-state index is 0.309. The summed E-state index contributed by atoms with van der Waals surface area (Å²) in [6.07, 6.45) is 0. The molecule has 0 atom stereocenters. The highest BCUT2D eigenvalue weighted by molar-refractivity contribution is 6.04. The van der Waals surface area contributed by atoms with Gasteiger partial charge in [0.25, 0.3) is 5.91 Å². The van der Waals surface area contributed by atoms with Gasteiger partial charge in [0, 0.05) is 11.5 Å². The number of benzene rings is 2. The van der Waals surface area contributed by atoms with E-state index in [-0.39, 0.29) is 5.56 Å². The molecule has 7 heteroatoms. The van der Waals surface area contributed by atoms with Crippen molar-refractivity contribution in [2.75, 3.05) is 5.32 Å². The van der Waals surface area contributed by atoms with E-state index in [1.54, 1.807) is 19.1 Å². The van der Waals surface area contributed by atoms with E-state index in [4.69, 9.17) is 0 Å². The summed E-state index contributed by atoms with van der Waals surface area (Å²) in [6, 6.07) is 15.6. The van der Waals surface area contributed by atoms with Crippen LogP contribution < -0.4 is 5.32 Å². The molecule has 1 amide bonds. The Hall–Kier alpha value is -3.61. The second-order valence-electron chi connectivity index (χ2n) is 6.02. The van der Waals surface area contributed by atoms with Gasteiger partial charge in [0.05, 0.1) is 16.8 Å². The number of rotatable bonds is 3. The number of para-hydroxylation sites is 1. The van der Waals surface area contributed by atoms with Gasteiger partial charge in [-0.15, -0.1) is 0 Å². The Morgan fingerprint density at radius 3 is 2.70 bits per heavy atom. The fourth-order valence-electron chi connectivity index (χ4n) is 2.79. The fourth-order valence-corrected chi connectivity index (χ4v) is 2.79. The van der Waals surface area contributed by atoms with Crippen molar-refractivity contribution < 1.29 is 13.6 Å². The van der Waals surface area contributed by atoms with Crippen LogP contribution in [0, 0.1) is 18.6 Å². The van der Waals surface area contributed by atoms with Gasteiger partial charge in [-0.25, -0.2) is 13.8 Å². The number of halogens is 2. The SMILES string of the molecule is Cc1cc(NC(=O)c2cc(F)ccc2F)n(-c2ccc3ccccc3n2)n1. The van der Waals surface area contributed by atoms with E-state index in [9.17, 15) is 13.6 Å². The van der Waals surface area contributed by atoms with E-state index < -0.39 is 17.5 Å². The maximum Gasteiger partial charge on any atom is 0.259 e. The van der Waals surface area contributed by atoms with Crippen LogP contribution in [0.3, 0.4) is 0 Å². The molecule has 0 fully saturated rings. The Kier molecular flexibility index (Phi) is 4.12. The third-order valence-electron chi connectivity index (χ3n) is 4.05. The molecule has 4 rings (SSSR count). The first kappa shape index (κ1) is 16.8. The molecule has 4 aromatic rings. The number of aryl methyl sites for hydroxylation is 1.